The summed E-state index contributed by atoms with van der Waals surface area (Å²) in [6.07, 6.45) is 5.34. The molecule has 1 N–H and O–H groups in total. The van der Waals surface area contributed by atoms with E-state index in [1.54, 1.807) is 6.20 Å². The molecule has 2 rings (SSSR count). The topological polar surface area (TPSA) is 47.3 Å². The van der Waals surface area contributed by atoms with Gasteiger partial charge in [-0.2, -0.15) is 0 Å². The van der Waals surface area contributed by atoms with Gasteiger partial charge in [0, 0.05) is 6.61 Å². The molecule has 1 aromatic heterocycles. The predicted molar refractivity (Wildman–Crippen MR) is 61.1 cm³/mol. The highest BCUT2D eigenvalue weighted by molar-refractivity contribution is 5.01. The minimum Gasteiger partial charge on any atom is -0.441 e. The van der Waals surface area contributed by atoms with Crippen LogP contribution in [0.4, 0.5) is 0 Å². The van der Waals surface area contributed by atoms with Crippen molar-refractivity contribution in [1.29, 1.82) is 0 Å². The largest absolute Gasteiger partial charge is 0.441 e. The number of hydrogen-bond donors (Lipinski definition) is 1. The summed E-state index contributed by atoms with van der Waals surface area (Å²) >= 11 is 0. The van der Waals surface area contributed by atoms with Gasteiger partial charge in [-0.15, -0.1) is 0 Å². The lowest BCUT2D eigenvalue weighted by Gasteiger charge is -2.20. The SMILES string of the molecule is CCNC(C)c1ncc(C2CCCCO2)o1. The molecule has 90 valence electrons. The zero-order chi connectivity index (χ0) is 11.4. The van der Waals surface area contributed by atoms with Crippen LogP contribution in [0.3, 0.4) is 0 Å². The molecule has 1 fully saturated rings. The third kappa shape index (κ3) is 2.62. The first-order chi connectivity index (χ1) is 7.81. The van der Waals surface area contributed by atoms with Gasteiger partial charge >= 0.3 is 0 Å². The van der Waals surface area contributed by atoms with Crippen LogP contribution in [0.5, 0.6) is 0 Å². The minimum absolute atomic E-state index is 0.115. The first-order valence-electron chi connectivity index (χ1n) is 6.12. The van der Waals surface area contributed by atoms with Crippen molar-refractivity contribution in [3.05, 3.63) is 17.8 Å². The van der Waals surface area contributed by atoms with Crippen LogP contribution in [0.1, 0.15) is 56.9 Å². The zero-order valence-corrected chi connectivity index (χ0v) is 10.0. The van der Waals surface area contributed by atoms with Crippen molar-refractivity contribution in [3.8, 4) is 0 Å². The summed E-state index contributed by atoms with van der Waals surface area (Å²) in [6.45, 7) is 5.88. The highest BCUT2D eigenvalue weighted by atomic mass is 16.5. The lowest BCUT2D eigenvalue weighted by Crippen LogP contribution is -2.17. The molecule has 2 heterocycles. The zero-order valence-electron chi connectivity index (χ0n) is 10.0. The molecular formula is C12H20N2O2. The second kappa shape index (κ2) is 5.46. The van der Waals surface area contributed by atoms with Gasteiger partial charge < -0.3 is 14.5 Å². The number of ether oxygens (including phenoxy) is 1. The molecule has 4 nitrogen and oxygen atoms in total. The number of nitrogens with zero attached hydrogens (tertiary/aromatic N) is 1. The van der Waals surface area contributed by atoms with E-state index in [9.17, 15) is 0 Å². The molecule has 1 aliphatic heterocycles. The summed E-state index contributed by atoms with van der Waals surface area (Å²) in [5.41, 5.74) is 0. The van der Waals surface area contributed by atoms with Crippen LogP contribution in [0, 0.1) is 0 Å². The molecule has 4 heteroatoms. The van der Waals surface area contributed by atoms with Gasteiger partial charge in [0.25, 0.3) is 0 Å². The minimum atomic E-state index is 0.115. The van der Waals surface area contributed by atoms with Crippen molar-refractivity contribution in [2.75, 3.05) is 13.2 Å². The molecule has 1 aromatic rings. The highest BCUT2D eigenvalue weighted by Gasteiger charge is 2.21. The fraction of sp³-hybridized carbons (Fsp3) is 0.750. The van der Waals surface area contributed by atoms with Crippen LogP contribution in [-0.2, 0) is 4.74 Å². The third-order valence-corrected chi connectivity index (χ3v) is 2.92. The molecule has 2 unspecified atom stereocenters. The first kappa shape index (κ1) is 11.6. The van der Waals surface area contributed by atoms with Gasteiger partial charge in [-0.3, -0.25) is 0 Å². The van der Waals surface area contributed by atoms with Crippen molar-refractivity contribution in [2.24, 2.45) is 0 Å². The summed E-state index contributed by atoms with van der Waals surface area (Å²) in [5.74, 6) is 1.63. The van der Waals surface area contributed by atoms with E-state index in [0.29, 0.717) is 0 Å². The van der Waals surface area contributed by atoms with E-state index in [4.69, 9.17) is 9.15 Å². The Hall–Kier alpha value is -0.870. The number of aromatic nitrogens is 1. The Morgan fingerprint density at radius 3 is 3.12 bits per heavy atom. The van der Waals surface area contributed by atoms with Gasteiger partial charge in [0.05, 0.1) is 12.2 Å². The fourth-order valence-electron chi connectivity index (χ4n) is 2.01. The maximum absolute atomic E-state index is 5.74. The number of rotatable bonds is 4. The normalized spacial score (nSPS) is 23.2. The Morgan fingerprint density at radius 1 is 1.56 bits per heavy atom. The Bertz CT molecular complexity index is 319. The first-order valence-corrected chi connectivity index (χ1v) is 6.12. The van der Waals surface area contributed by atoms with Crippen LogP contribution in [0.15, 0.2) is 10.6 Å². The van der Waals surface area contributed by atoms with E-state index >= 15 is 0 Å². The molecule has 0 aromatic carbocycles. The molecule has 0 bridgehead atoms. The smallest absolute Gasteiger partial charge is 0.211 e. The maximum Gasteiger partial charge on any atom is 0.211 e. The van der Waals surface area contributed by atoms with Gasteiger partial charge in [-0.25, -0.2) is 4.98 Å². The Labute approximate surface area is 96.4 Å². The van der Waals surface area contributed by atoms with Gasteiger partial charge in [-0.05, 0) is 32.7 Å². The molecular weight excluding hydrogens is 204 g/mol. The molecule has 0 saturated carbocycles. The molecule has 0 radical (unpaired) electrons. The number of oxazole rings is 1. The van der Waals surface area contributed by atoms with E-state index in [1.165, 1.54) is 6.42 Å². The Morgan fingerprint density at radius 2 is 2.44 bits per heavy atom. The predicted octanol–water partition coefficient (Wildman–Crippen LogP) is 2.59. The monoisotopic (exact) mass is 224 g/mol. The van der Waals surface area contributed by atoms with Crippen molar-refractivity contribution in [3.63, 3.8) is 0 Å². The van der Waals surface area contributed by atoms with Crippen LogP contribution >= 0.6 is 0 Å². The van der Waals surface area contributed by atoms with Crippen LogP contribution in [-0.4, -0.2) is 18.1 Å². The Kier molecular flexibility index (Phi) is 3.96. The van der Waals surface area contributed by atoms with E-state index in [1.807, 2.05) is 0 Å². The maximum atomic E-state index is 5.74. The molecule has 0 amide bonds. The van der Waals surface area contributed by atoms with Crippen molar-refractivity contribution >= 4 is 0 Å². The van der Waals surface area contributed by atoms with E-state index in [0.717, 1.165) is 37.6 Å². The fourth-order valence-corrected chi connectivity index (χ4v) is 2.01. The average Bonchev–Trinajstić information content (AvgIpc) is 2.80. The van der Waals surface area contributed by atoms with E-state index < -0.39 is 0 Å². The third-order valence-electron chi connectivity index (χ3n) is 2.92. The van der Waals surface area contributed by atoms with Crippen molar-refractivity contribution < 1.29 is 9.15 Å². The summed E-state index contributed by atoms with van der Waals surface area (Å²) in [5, 5.41) is 3.28. The molecule has 1 aliphatic rings. The van der Waals surface area contributed by atoms with Crippen molar-refractivity contribution in [1.82, 2.24) is 10.3 Å². The summed E-state index contributed by atoms with van der Waals surface area (Å²) in [7, 11) is 0. The number of hydrogen-bond acceptors (Lipinski definition) is 4. The lowest BCUT2D eigenvalue weighted by atomic mass is 10.1. The van der Waals surface area contributed by atoms with Gasteiger partial charge in [0.15, 0.2) is 5.76 Å². The standard InChI is InChI=1S/C12H20N2O2/c1-3-13-9(2)12-14-8-11(16-12)10-6-4-5-7-15-10/h8-10,13H,3-7H2,1-2H3. The second-order valence-electron chi connectivity index (χ2n) is 4.24. The summed E-state index contributed by atoms with van der Waals surface area (Å²) < 4.78 is 11.4. The molecule has 0 spiro atoms. The van der Waals surface area contributed by atoms with Gasteiger partial charge in [0.1, 0.15) is 6.10 Å². The quantitative estimate of drug-likeness (QED) is 0.854. The van der Waals surface area contributed by atoms with Gasteiger partial charge in [-0.1, -0.05) is 6.92 Å². The number of nitrogens with one attached hydrogen (secondary N) is 1. The van der Waals surface area contributed by atoms with E-state index in [2.05, 4.69) is 24.1 Å². The summed E-state index contributed by atoms with van der Waals surface area (Å²) in [4.78, 5) is 4.30. The molecule has 0 aliphatic carbocycles. The highest BCUT2D eigenvalue weighted by Crippen LogP contribution is 2.29. The van der Waals surface area contributed by atoms with Crippen LogP contribution in [0.25, 0.3) is 0 Å². The molecule has 16 heavy (non-hydrogen) atoms. The average molecular weight is 224 g/mol. The molecule has 1 saturated heterocycles. The van der Waals surface area contributed by atoms with Gasteiger partial charge in [0.2, 0.25) is 5.89 Å². The summed E-state index contributed by atoms with van der Waals surface area (Å²) in [6, 6.07) is 0.169. The Balaban J connectivity index is 2.00. The lowest BCUT2D eigenvalue weighted by molar-refractivity contribution is 0.00101. The second-order valence-corrected chi connectivity index (χ2v) is 4.24. The van der Waals surface area contributed by atoms with Crippen LogP contribution < -0.4 is 5.32 Å². The molecule has 2 atom stereocenters. The van der Waals surface area contributed by atoms with E-state index in [-0.39, 0.29) is 12.1 Å². The van der Waals surface area contributed by atoms with Crippen LogP contribution in [0.2, 0.25) is 0 Å². The van der Waals surface area contributed by atoms with Crippen molar-refractivity contribution in [2.45, 2.75) is 45.3 Å².